The molecule has 0 radical (unpaired) electrons. The summed E-state index contributed by atoms with van der Waals surface area (Å²) in [6.07, 6.45) is 0. The Morgan fingerprint density at radius 2 is 1.32 bits per heavy atom. The summed E-state index contributed by atoms with van der Waals surface area (Å²) in [6.45, 7) is 0. The van der Waals surface area contributed by atoms with E-state index < -0.39 is 0 Å². The normalized spacial score (nSPS) is 11.9. The number of hydrogen-bond acceptors (Lipinski definition) is 1. The van der Waals surface area contributed by atoms with Crippen molar-refractivity contribution in [3.63, 3.8) is 0 Å². The van der Waals surface area contributed by atoms with Gasteiger partial charge in [0.1, 0.15) is 11.2 Å². The molecule has 3 heteroatoms. The minimum absolute atomic E-state index is 0.924. The standard InChI is InChI=1S/C34H20BrNO/c35-24-14-15-30-28(19-24)29-20-27-23(13-16-33-34(27)26-11-4-5-12-32(26)37-33)18-31(29)36(30)25-10-6-9-22(17-25)21-7-2-1-3-8-21/h1-20H. The van der Waals surface area contributed by atoms with E-state index in [0.717, 1.165) is 26.7 Å². The van der Waals surface area contributed by atoms with Crippen molar-refractivity contribution in [2.45, 2.75) is 0 Å². The molecule has 0 unspecified atom stereocenters. The van der Waals surface area contributed by atoms with Crippen LogP contribution in [-0.2, 0) is 0 Å². The number of fused-ring (bicyclic) bond motifs is 8. The van der Waals surface area contributed by atoms with Crippen molar-refractivity contribution >= 4 is 70.4 Å². The Morgan fingerprint density at radius 3 is 2.24 bits per heavy atom. The van der Waals surface area contributed by atoms with E-state index in [9.17, 15) is 0 Å². The van der Waals surface area contributed by atoms with E-state index in [2.05, 4.69) is 130 Å². The van der Waals surface area contributed by atoms with E-state index in [1.165, 1.54) is 49.1 Å². The molecule has 37 heavy (non-hydrogen) atoms. The van der Waals surface area contributed by atoms with Gasteiger partial charge in [-0.3, -0.25) is 0 Å². The SMILES string of the molecule is Brc1ccc2c(c1)c1cc3c(ccc4oc5ccccc5c43)cc1n2-c1cccc(-c2ccccc2)c1. The lowest BCUT2D eigenvalue weighted by atomic mass is 10.0. The van der Waals surface area contributed by atoms with Crippen LogP contribution < -0.4 is 0 Å². The number of furan rings is 1. The Hall–Kier alpha value is -4.34. The zero-order valence-corrected chi connectivity index (χ0v) is 21.4. The molecule has 0 spiro atoms. The van der Waals surface area contributed by atoms with Gasteiger partial charge in [0.2, 0.25) is 0 Å². The number of benzene rings is 6. The van der Waals surface area contributed by atoms with Crippen molar-refractivity contribution in [1.29, 1.82) is 0 Å². The third-order valence-electron chi connectivity index (χ3n) is 7.42. The molecule has 2 heterocycles. The molecule has 0 fully saturated rings. The van der Waals surface area contributed by atoms with Crippen LogP contribution in [0.1, 0.15) is 0 Å². The van der Waals surface area contributed by atoms with Gasteiger partial charge in [0.25, 0.3) is 0 Å². The average molecular weight is 538 g/mol. The molecule has 0 N–H and O–H groups in total. The second-order valence-electron chi connectivity index (χ2n) is 9.54. The first-order valence-corrected chi connectivity index (χ1v) is 13.2. The van der Waals surface area contributed by atoms with E-state index in [4.69, 9.17) is 4.42 Å². The highest BCUT2D eigenvalue weighted by Crippen LogP contribution is 2.40. The van der Waals surface area contributed by atoms with Gasteiger partial charge in [-0.05, 0) is 76.5 Å². The molecule has 0 bridgehead atoms. The summed E-state index contributed by atoms with van der Waals surface area (Å²) in [5.41, 5.74) is 7.80. The van der Waals surface area contributed by atoms with E-state index in [-0.39, 0.29) is 0 Å². The van der Waals surface area contributed by atoms with Crippen LogP contribution in [0.5, 0.6) is 0 Å². The Balaban J connectivity index is 1.49. The molecule has 0 atom stereocenters. The number of hydrogen-bond donors (Lipinski definition) is 0. The van der Waals surface area contributed by atoms with Gasteiger partial charge in [-0.15, -0.1) is 0 Å². The molecule has 0 aliphatic heterocycles. The van der Waals surface area contributed by atoms with Crippen LogP contribution in [0.15, 0.2) is 130 Å². The van der Waals surface area contributed by atoms with Crippen molar-refractivity contribution in [3.05, 3.63) is 126 Å². The zero-order valence-electron chi connectivity index (χ0n) is 19.8. The van der Waals surface area contributed by atoms with Crippen LogP contribution in [0, 0.1) is 0 Å². The molecule has 0 saturated carbocycles. The second-order valence-corrected chi connectivity index (χ2v) is 10.5. The predicted molar refractivity (Wildman–Crippen MR) is 159 cm³/mol. The molecule has 2 aromatic heterocycles. The van der Waals surface area contributed by atoms with Gasteiger partial charge in [0, 0.05) is 31.7 Å². The summed E-state index contributed by atoms with van der Waals surface area (Å²) in [5.74, 6) is 0. The van der Waals surface area contributed by atoms with Crippen LogP contribution in [-0.4, -0.2) is 4.57 Å². The molecule has 174 valence electrons. The topological polar surface area (TPSA) is 18.1 Å². The maximum atomic E-state index is 6.20. The highest BCUT2D eigenvalue weighted by atomic mass is 79.9. The quantitative estimate of drug-likeness (QED) is 0.214. The predicted octanol–water partition coefficient (Wildman–Crippen LogP) is 10.3. The lowest BCUT2D eigenvalue weighted by Gasteiger charge is -2.11. The van der Waals surface area contributed by atoms with E-state index >= 15 is 0 Å². The number of halogens is 1. The molecule has 2 nitrogen and oxygen atoms in total. The maximum absolute atomic E-state index is 6.20. The summed E-state index contributed by atoms with van der Waals surface area (Å²) < 4.78 is 9.66. The molecule has 6 aromatic carbocycles. The minimum Gasteiger partial charge on any atom is -0.456 e. The maximum Gasteiger partial charge on any atom is 0.136 e. The van der Waals surface area contributed by atoms with Gasteiger partial charge in [-0.2, -0.15) is 0 Å². The molecule has 0 saturated heterocycles. The van der Waals surface area contributed by atoms with Crippen LogP contribution >= 0.6 is 15.9 Å². The number of nitrogens with zero attached hydrogens (tertiary/aromatic N) is 1. The van der Waals surface area contributed by atoms with Crippen molar-refractivity contribution in [3.8, 4) is 16.8 Å². The Bertz CT molecular complexity index is 2150. The fourth-order valence-electron chi connectivity index (χ4n) is 5.77. The fraction of sp³-hybridized carbons (Fsp3) is 0. The lowest BCUT2D eigenvalue weighted by molar-refractivity contribution is 0.669. The number of rotatable bonds is 2. The van der Waals surface area contributed by atoms with Gasteiger partial charge < -0.3 is 8.98 Å². The Kier molecular flexibility index (Phi) is 4.40. The molecule has 0 amide bonds. The molecular formula is C34H20BrNO. The number of aromatic nitrogens is 1. The Morgan fingerprint density at radius 1 is 0.514 bits per heavy atom. The summed E-state index contributed by atoms with van der Waals surface area (Å²) >= 11 is 3.72. The van der Waals surface area contributed by atoms with Gasteiger partial charge in [0.05, 0.1) is 11.0 Å². The smallest absolute Gasteiger partial charge is 0.136 e. The van der Waals surface area contributed by atoms with Crippen LogP contribution in [0.2, 0.25) is 0 Å². The third kappa shape index (κ3) is 3.11. The molecular weight excluding hydrogens is 518 g/mol. The van der Waals surface area contributed by atoms with Gasteiger partial charge in [0.15, 0.2) is 0 Å². The first kappa shape index (κ1) is 20.8. The summed E-state index contributed by atoms with van der Waals surface area (Å²) in [5, 5.41) is 7.20. The third-order valence-corrected chi connectivity index (χ3v) is 7.91. The van der Waals surface area contributed by atoms with Crippen molar-refractivity contribution in [2.24, 2.45) is 0 Å². The summed E-state index contributed by atoms with van der Waals surface area (Å²) in [6, 6.07) is 43.2. The highest BCUT2D eigenvalue weighted by Gasteiger charge is 2.17. The van der Waals surface area contributed by atoms with Crippen LogP contribution in [0.3, 0.4) is 0 Å². The summed E-state index contributed by atoms with van der Waals surface area (Å²) in [7, 11) is 0. The molecule has 0 aliphatic carbocycles. The molecule has 8 aromatic rings. The highest BCUT2D eigenvalue weighted by molar-refractivity contribution is 9.10. The largest absolute Gasteiger partial charge is 0.456 e. The zero-order chi connectivity index (χ0) is 24.5. The van der Waals surface area contributed by atoms with Crippen molar-refractivity contribution in [2.75, 3.05) is 0 Å². The lowest BCUT2D eigenvalue weighted by Crippen LogP contribution is -1.94. The number of para-hydroxylation sites is 1. The fourth-order valence-corrected chi connectivity index (χ4v) is 6.13. The van der Waals surface area contributed by atoms with Crippen molar-refractivity contribution in [1.82, 2.24) is 4.57 Å². The molecule has 0 aliphatic rings. The second kappa shape index (κ2) is 7.83. The van der Waals surface area contributed by atoms with Gasteiger partial charge >= 0.3 is 0 Å². The average Bonchev–Trinajstić information content (AvgIpc) is 3.48. The van der Waals surface area contributed by atoms with E-state index in [1.807, 2.05) is 12.1 Å². The minimum atomic E-state index is 0.924. The first-order chi connectivity index (χ1) is 18.2. The van der Waals surface area contributed by atoms with Crippen LogP contribution in [0.4, 0.5) is 0 Å². The summed E-state index contributed by atoms with van der Waals surface area (Å²) in [4.78, 5) is 0. The first-order valence-electron chi connectivity index (χ1n) is 12.4. The van der Waals surface area contributed by atoms with Gasteiger partial charge in [-0.1, -0.05) is 82.7 Å². The Labute approximate surface area is 221 Å². The van der Waals surface area contributed by atoms with E-state index in [1.54, 1.807) is 0 Å². The molecule has 8 rings (SSSR count). The monoisotopic (exact) mass is 537 g/mol. The van der Waals surface area contributed by atoms with Gasteiger partial charge in [-0.25, -0.2) is 0 Å². The van der Waals surface area contributed by atoms with Crippen molar-refractivity contribution < 1.29 is 4.42 Å². The van der Waals surface area contributed by atoms with Crippen LogP contribution in [0.25, 0.3) is 71.3 Å². The van der Waals surface area contributed by atoms with E-state index in [0.29, 0.717) is 0 Å².